The Hall–Kier alpha value is -4.18. The third-order valence-corrected chi connectivity index (χ3v) is 6.52. The number of aryl methyl sites for hydroxylation is 1. The Morgan fingerprint density at radius 2 is 1.80 bits per heavy atom. The van der Waals surface area contributed by atoms with Gasteiger partial charge in [-0.2, -0.15) is 4.98 Å². The van der Waals surface area contributed by atoms with Crippen LogP contribution in [0.5, 0.6) is 11.5 Å². The zero-order valence-electron chi connectivity index (χ0n) is 18.4. The molecule has 2 aromatic heterocycles. The van der Waals surface area contributed by atoms with E-state index in [2.05, 4.69) is 10.1 Å². The fourth-order valence-electron chi connectivity index (χ4n) is 3.84. The molecule has 1 aliphatic rings. The highest BCUT2D eigenvalue weighted by Crippen LogP contribution is 2.35. The zero-order valence-corrected chi connectivity index (χ0v) is 19.2. The highest BCUT2D eigenvalue weighted by molar-refractivity contribution is 7.98. The molecule has 0 atom stereocenters. The fourth-order valence-corrected chi connectivity index (χ4v) is 4.69. The standard InChI is InChI=1S/C25H17FN4O4S/c1-14-4-2-3-5-17(14)23-28-22(34-29-23)12-35-25-27-19-11-21-20(32-13-33-21)10-18(19)24(31)30(25)16-8-6-15(26)7-9-16/h2-11H,12-13H2,1H3. The van der Waals surface area contributed by atoms with Crippen molar-refractivity contribution in [3.05, 3.63) is 88.3 Å². The van der Waals surface area contributed by atoms with Crippen molar-refractivity contribution in [1.29, 1.82) is 0 Å². The van der Waals surface area contributed by atoms with Crippen molar-refractivity contribution in [3.63, 3.8) is 0 Å². The highest BCUT2D eigenvalue weighted by Gasteiger charge is 2.21. The van der Waals surface area contributed by atoms with E-state index in [1.165, 1.54) is 40.6 Å². The van der Waals surface area contributed by atoms with E-state index in [0.717, 1.165) is 11.1 Å². The summed E-state index contributed by atoms with van der Waals surface area (Å²) < 4.78 is 31.3. The summed E-state index contributed by atoms with van der Waals surface area (Å²) in [6, 6.07) is 16.7. The van der Waals surface area contributed by atoms with Gasteiger partial charge in [-0.05, 0) is 42.8 Å². The second-order valence-corrected chi connectivity index (χ2v) is 8.79. The van der Waals surface area contributed by atoms with Gasteiger partial charge in [0, 0.05) is 11.6 Å². The van der Waals surface area contributed by atoms with Crippen LogP contribution in [0.3, 0.4) is 0 Å². The van der Waals surface area contributed by atoms with Crippen molar-refractivity contribution in [2.75, 3.05) is 6.79 Å². The molecule has 8 nitrogen and oxygen atoms in total. The molecule has 3 aromatic carbocycles. The van der Waals surface area contributed by atoms with Crippen LogP contribution in [-0.4, -0.2) is 26.5 Å². The van der Waals surface area contributed by atoms with E-state index in [9.17, 15) is 9.18 Å². The first kappa shape index (κ1) is 21.4. The molecule has 0 amide bonds. The smallest absolute Gasteiger partial charge is 0.266 e. The first-order chi connectivity index (χ1) is 17.1. The predicted molar refractivity (Wildman–Crippen MR) is 127 cm³/mol. The lowest BCUT2D eigenvalue weighted by atomic mass is 10.1. The molecule has 0 N–H and O–H groups in total. The van der Waals surface area contributed by atoms with Gasteiger partial charge >= 0.3 is 0 Å². The average molecular weight is 489 g/mol. The van der Waals surface area contributed by atoms with Gasteiger partial charge in [0.15, 0.2) is 16.7 Å². The minimum Gasteiger partial charge on any atom is -0.454 e. The Labute approximate surface area is 202 Å². The molecule has 35 heavy (non-hydrogen) atoms. The van der Waals surface area contributed by atoms with Crippen LogP contribution >= 0.6 is 11.8 Å². The summed E-state index contributed by atoms with van der Waals surface area (Å²) in [6.07, 6.45) is 0. The third kappa shape index (κ3) is 3.91. The summed E-state index contributed by atoms with van der Waals surface area (Å²) in [5, 5.41) is 4.85. The minimum atomic E-state index is -0.400. The SMILES string of the molecule is Cc1ccccc1-c1noc(CSc2nc3cc4c(cc3c(=O)n2-c2ccc(F)cc2)OCO4)n1. The summed E-state index contributed by atoms with van der Waals surface area (Å²) in [5.41, 5.74) is 2.56. The maximum Gasteiger partial charge on any atom is 0.266 e. The molecule has 3 heterocycles. The molecule has 174 valence electrons. The number of ether oxygens (including phenoxy) is 2. The van der Waals surface area contributed by atoms with Crippen molar-refractivity contribution in [2.45, 2.75) is 17.8 Å². The quantitative estimate of drug-likeness (QED) is 0.255. The van der Waals surface area contributed by atoms with Crippen molar-refractivity contribution < 1.29 is 18.4 Å². The summed E-state index contributed by atoms with van der Waals surface area (Å²) in [4.78, 5) is 22.8. The van der Waals surface area contributed by atoms with Crippen molar-refractivity contribution in [3.8, 4) is 28.6 Å². The molecule has 10 heteroatoms. The van der Waals surface area contributed by atoms with Gasteiger partial charge in [-0.25, -0.2) is 9.37 Å². The average Bonchev–Trinajstić information content (AvgIpc) is 3.52. The summed E-state index contributed by atoms with van der Waals surface area (Å²) >= 11 is 1.26. The second kappa shape index (κ2) is 8.55. The number of rotatable bonds is 5. The lowest BCUT2D eigenvalue weighted by molar-refractivity contribution is 0.174. The number of fused-ring (bicyclic) bond motifs is 2. The monoisotopic (exact) mass is 488 g/mol. The largest absolute Gasteiger partial charge is 0.454 e. The van der Waals surface area contributed by atoms with Crippen LogP contribution in [-0.2, 0) is 5.75 Å². The summed E-state index contributed by atoms with van der Waals surface area (Å²) in [7, 11) is 0. The lowest BCUT2D eigenvalue weighted by Gasteiger charge is -2.13. The maximum atomic E-state index is 13.6. The van der Waals surface area contributed by atoms with E-state index < -0.39 is 5.82 Å². The van der Waals surface area contributed by atoms with Gasteiger partial charge in [-0.15, -0.1) is 0 Å². The van der Waals surface area contributed by atoms with Gasteiger partial charge in [0.25, 0.3) is 5.56 Å². The zero-order chi connectivity index (χ0) is 23.9. The molecule has 6 rings (SSSR count). The van der Waals surface area contributed by atoms with Crippen LogP contribution in [0, 0.1) is 12.7 Å². The molecule has 0 saturated heterocycles. The molecule has 0 aliphatic carbocycles. The Kier molecular flexibility index (Phi) is 5.22. The molecule has 1 aliphatic heterocycles. The number of halogens is 1. The number of thioether (sulfide) groups is 1. The highest BCUT2D eigenvalue weighted by atomic mass is 32.2. The first-order valence-electron chi connectivity index (χ1n) is 10.7. The van der Waals surface area contributed by atoms with E-state index in [-0.39, 0.29) is 18.1 Å². The summed E-state index contributed by atoms with van der Waals surface area (Å²) in [5.74, 6) is 1.77. The van der Waals surface area contributed by atoms with Gasteiger partial charge in [0.05, 0.1) is 22.3 Å². The van der Waals surface area contributed by atoms with E-state index in [4.69, 9.17) is 19.0 Å². The van der Waals surface area contributed by atoms with Gasteiger partial charge < -0.3 is 14.0 Å². The van der Waals surface area contributed by atoms with E-state index in [0.29, 0.717) is 45.0 Å². The van der Waals surface area contributed by atoms with Crippen LogP contribution in [0.2, 0.25) is 0 Å². The van der Waals surface area contributed by atoms with Crippen LogP contribution in [0.15, 0.2) is 75.1 Å². The molecule has 0 saturated carbocycles. The Morgan fingerprint density at radius 3 is 2.60 bits per heavy atom. The summed E-state index contributed by atoms with van der Waals surface area (Å²) in [6.45, 7) is 2.06. The minimum absolute atomic E-state index is 0.0831. The lowest BCUT2D eigenvalue weighted by Crippen LogP contribution is -2.21. The van der Waals surface area contributed by atoms with Crippen LogP contribution in [0.1, 0.15) is 11.5 Å². The molecule has 0 fully saturated rings. The molecular formula is C25H17FN4O4S. The second-order valence-electron chi connectivity index (χ2n) is 7.85. The number of nitrogens with zero attached hydrogens (tertiary/aromatic N) is 4. The Morgan fingerprint density at radius 1 is 1.03 bits per heavy atom. The van der Waals surface area contributed by atoms with Crippen molar-refractivity contribution in [1.82, 2.24) is 19.7 Å². The van der Waals surface area contributed by atoms with Crippen LogP contribution in [0.4, 0.5) is 4.39 Å². The van der Waals surface area contributed by atoms with Crippen LogP contribution in [0.25, 0.3) is 28.0 Å². The maximum absolute atomic E-state index is 13.6. The van der Waals surface area contributed by atoms with Crippen LogP contribution < -0.4 is 15.0 Å². The molecule has 5 aromatic rings. The Bertz CT molecular complexity index is 1630. The molecular weight excluding hydrogens is 471 g/mol. The van der Waals surface area contributed by atoms with E-state index in [1.807, 2.05) is 31.2 Å². The topological polar surface area (TPSA) is 92.3 Å². The van der Waals surface area contributed by atoms with Gasteiger partial charge in [-0.3, -0.25) is 9.36 Å². The van der Waals surface area contributed by atoms with E-state index >= 15 is 0 Å². The predicted octanol–water partition coefficient (Wildman–Crippen LogP) is 4.90. The third-order valence-electron chi connectivity index (χ3n) is 5.60. The Balaban J connectivity index is 1.40. The van der Waals surface area contributed by atoms with Gasteiger partial charge in [0.2, 0.25) is 18.5 Å². The first-order valence-corrected chi connectivity index (χ1v) is 11.7. The molecule has 0 radical (unpaired) electrons. The van der Waals surface area contributed by atoms with Gasteiger partial charge in [0.1, 0.15) is 5.82 Å². The molecule has 0 spiro atoms. The fraction of sp³-hybridized carbons (Fsp3) is 0.120. The number of hydrogen-bond acceptors (Lipinski definition) is 8. The van der Waals surface area contributed by atoms with Gasteiger partial charge in [-0.1, -0.05) is 41.2 Å². The normalized spacial score (nSPS) is 12.4. The number of benzene rings is 3. The van der Waals surface area contributed by atoms with Crippen molar-refractivity contribution in [2.24, 2.45) is 0 Å². The van der Waals surface area contributed by atoms with E-state index in [1.54, 1.807) is 12.1 Å². The molecule has 0 unspecified atom stereocenters. The van der Waals surface area contributed by atoms with Crippen molar-refractivity contribution >= 4 is 22.7 Å². The number of hydrogen-bond donors (Lipinski definition) is 0. The number of aromatic nitrogens is 4. The molecule has 0 bridgehead atoms.